The lowest BCUT2D eigenvalue weighted by atomic mass is 9.97. The summed E-state index contributed by atoms with van der Waals surface area (Å²) in [6.07, 6.45) is 3.73. The first-order chi connectivity index (χ1) is 10.1. The van der Waals surface area contributed by atoms with Crippen LogP contribution in [0.2, 0.25) is 0 Å². The highest BCUT2D eigenvalue weighted by Gasteiger charge is 2.22. The fourth-order valence-corrected chi connectivity index (χ4v) is 3.86. The molecule has 0 aromatic heterocycles. The molecule has 0 bridgehead atoms. The molecule has 1 aliphatic rings. The van der Waals surface area contributed by atoms with E-state index < -0.39 is 0 Å². The van der Waals surface area contributed by atoms with Crippen LogP contribution < -0.4 is 5.32 Å². The lowest BCUT2D eigenvalue weighted by molar-refractivity contribution is 0.162. The maximum absolute atomic E-state index is 13.3. The Hall–Kier alpha value is -0.450. The van der Waals surface area contributed by atoms with Crippen LogP contribution in [0, 0.1) is 11.7 Å². The van der Waals surface area contributed by atoms with Gasteiger partial charge in [0.1, 0.15) is 5.82 Å². The van der Waals surface area contributed by atoms with E-state index in [1.807, 2.05) is 6.07 Å². The molecule has 2 rings (SSSR count). The Morgan fingerprint density at radius 2 is 2.29 bits per heavy atom. The van der Waals surface area contributed by atoms with E-state index in [4.69, 9.17) is 0 Å². The van der Waals surface area contributed by atoms with E-state index in [2.05, 4.69) is 40.0 Å². The third-order valence-corrected chi connectivity index (χ3v) is 5.05. The van der Waals surface area contributed by atoms with Gasteiger partial charge in [-0.05, 0) is 69.4 Å². The molecule has 21 heavy (non-hydrogen) atoms. The van der Waals surface area contributed by atoms with Gasteiger partial charge in [-0.15, -0.1) is 0 Å². The van der Waals surface area contributed by atoms with Crippen molar-refractivity contribution in [3.05, 3.63) is 34.1 Å². The van der Waals surface area contributed by atoms with E-state index in [0.717, 1.165) is 43.0 Å². The molecule has 0 saturated carbocycles. The number of benzene rings is 1. The summed E-state index contributed by atoms with van der Waals surface area (Å²) >= 11 is 3.51. The van der Waals surface area contributed by atoms with Crippen LogP contribution in [0.5, 0.6) is 0 Å². The SMILES string of the molecule is CCCN(CC1CCCNC1)C(C)c1ccc(F)cc1Br. The molecule has 1 heterocycles. The molecule has 0 amide bonds. The molecule has 2 atom stereocenters. The molecule has 1 N–H and O–H groups in total. The number of hydrogen-bond donors (Lipinski definition) is 1. The Balaban J connectivity index is 2.08. The van der Waals surface area contributed by atoms with Crippen LogP contribution in [0.3, 0.4) is 0 Å². The highest BCUT2D eigenvalue weighted by Crippen LogP contribution is 2.29. The third kappa shape index (κ3) is 4.76. The molecule has 0 aliphatic carbocycles. The van der Waals surface area contributed by atoms with Gasteiger partial charge in [-0.1, -0.05) is 28.9 Å². The second-order valence-electron chi connectivity index (χ2n) is 6.05. The van der Waals surface area contributed by atoms with E-state index in [0.29, 0.717) is 6.04 Å². The van der Waals surface area contributed by atoms with Crippen molar-refractivity contribution in [3.8, 4) is 0 Å². The van der Waals surface area contributed by atoms with Gasteiger partial charge in [0.15, 0.2) is 0 Å². The van der Waals surface area contributed by atoms with Crippen molar-refractivity contribution in [2.45, 2.75) is 39.2 Å². The number of hydrogen-bond acceptors (Lipinski definition) is 2. The number of nitrogens with zero attached hydrogens (tertiary/aromatic N) is 1. The summed E-state index contributed by atoms with van der Waals surface area (Å²) in [5.74, 6) is 0.545. The maximum atomic E-state index is 13.3. The Kier molecular flexibility index (Phi) is 6.65. The average molecular weight is 357 g/mol. The molecular weight excluding hydrogens is 331 g/mol. The fourth-order valence-electron chi connectivity index (χ4n) is 3.18. The van der Waals surface area contributed by atoms with Gasteiger partial charge in [0, 0.05) is 17.1 Å². The van der Waals surface area contributed by atoms with Crippen LogP contribution >= 0.6 is 15.9 Å². The van der Waals surface area contributed by atoms with E-state index in [1.165, 1.54) is 18.4 Å². The van der Waals surface area contributed by atoms with Crippen LogP contribution in [-0.2, 0) is 0 Å². The summed E-state index contributed by atoms with van der Waals surface area (Å²) in [7, 11) is 0. The molecule has 1 aromatic rings. The van der Waals surface area contributed by atoms with E-state index in [9.17, 15) is 4.39 Å². The van der Waals surface area contributed by atoms with Gasteiger partial charge in [-0.3, -0.25) is 4.90 Å². The number of rotatable bonds is 6. The minimum Gasteiger partial charge on any atom is -0.316 e. The van der Waals surface area contributed by atoms with Gasteiger partial charge in [-0.2, -0.15) is 0 Å². The molecule has 1 aromatic carbocycles. The van der Waals surface area contributed by atoms with Crippen LogP contribution in [-0.4, -0.2) is 31.1 Å². The van der Waals surface area contributed by atoms with Gasteiger partial charge in [0.05, 0.1) is 0 Å². The molecule has 1 fully saturated rings. The van der Waals surface area contributed by atoms with Gasteiger partial charge in [-0.25, -0.2) is 4.39 Å². The van der Waals surface area contributed by atoms with Crippen LogP contribution in [0.25, 0.3) is 0 Å². The van der Waals surface area contributed by atoms with Crippen molar-refractivity contribution < 1.29 is 4.39 Å². The quantitative estimate of drug-likeness (QED) is 0.814. The lowest BCUT2D eigenvalue weighted by Gasteiger charge is -2.34. The minimum absolute atomic E-state index is 0.184. The van der Waals surface area contributed by atoms with Crippen LogP contribution in [0.4, 0.5) is 4.39 Å². The second-order valence-corrected chi connectivity index (χ2v) is 6.90. The molecule has 118 valence electrons. The van der Waals surface area contributed by atoms with Crippen molar-refractivity contribution in [1.82, 2.24) is 10.2 Å². The van der Waals surface area contributed by atoms with Gasteiger partial charge in [0.25, 0.3) is 0 Å². The first kappa shape index (κ1) is 16.9. The Morgan fingerprint density at radius 1 is 1.48 bits per heavy atom. The van der Waals surface area contributed by atoms with Crippen LogP contribution in [0.1, 0.15) is 44.7 Å². The molecule has 0 spiro atoms. The van der Waals surface area contributed by atoms with Crippen molar-refractivity contribution in [1.29, 1.82) is 0 Å². The topological polar surface area (TPSA) is 15.3 Å². The highest BCUT2D eigenvalue weighted by atomic mass is 79.9. The molecule has 2 unspecified atom stereocenters. The van der Waals surface area contributed by atoms with E-state index in [1.54, 1.807) is 12.1 Å². The molecular formula is C17H26BrFN2. The number of halogens is 2. The zero-order valence-electron chi connectivity index (χ0n) is 13.0. The van der Waals surface area contributed by atoms with Gasteiger partial charge >= 0.3 is 0 Å². The first-order valence-electron chi connectivity index (χ1n) is 8.01. The first-order valence-corrected chi connectivity index (χ1v) is 8.80. The third-order valence-electron chi connectivity index (χ3n) is 4.36. The van der Waals surface area contributed by atoms with Crippen molar-refractivity contribution in [3.63, 3.8) is 0 Å². The van der Waals surface area contributed by atoms with E-state index >= 15 is 0 Å². The summed E-state index contributed by atoms with van der Waals surface area (Å²) < 4.78 is 14.2. The zero-order valence-corrected chi connectivity index (χ0v) is 14.6. The Morgan fingerprint density at radius 3 is 2.90 bits per heavy atom. The monoisotopic (exact) mass is 356 g/mol. The number of piperidine rings is 1. The van der Waals surface area contributed by atoms with Crippen LogP contribution in [0.15, 0.2) is 22.7 Å². The van der Waals surface area contributed by atoms with E-state index in [-0.39, 0.29) is 5.82 Å². The summed E-state index contributed by atoms with van der Waals surface area (Å²) in [4.78, 5) is 2.54. The van der Waals surface area contributed by atoms with Gasteiger partial charge < -0.3 is 5.32 Å². The molecule has 2 nitrogen and oxygen atoms in total. The normalized spacial score (nSPS) is 20.7. The summed E-state index contributed by atoms with van der Waals surface area (Å²) in [6, 6.07) is 5.34. The number of nitrogens with one attached hydrogen (secondary N) is 1. The predicted molar refractivity (Wildman–Crippen MR) is 90.0 cm³/mol. The summed E-state index contributed by atoms with van der Waals surface area (Å²) in [5.41, 5.74) is 1.17. The Labute approximate surface area is 136 Å². The minimum atomic E-state index is -0.184. The maximum Gasteiger partial charge on any atom is 0.124 e. The van der Waals surface area contributed by atoms with Crippen molar-refractivity contribution in [2.75, 3.05) is 26.2 Å². The van der Waals surface area contributed by atoms with Gasteiger partial charge in [0.2, 0.25) is 0 Å². The highest BCUT2D eigenvalue weighted by molar-refractivity contribution is 9.10. The largest absolute Gasteiger partial charge is 0.316 e. The summed E-state index contributed by atoms with van der Waals surface area (Å²) in [6.45, 7) is 8.93. The standard InChI is InChI=1S/C17H26BrFN2/c1-3-9-21(12-14-5-4-8-20-11-14)13(2)16-7-6-15(19)10-17(16)18/h6-7,10,13-14,20H,3-5,8-9,11-12H2,1-2H3. The summed E-state index contributed by atoms with van der Waals surface area (Å²) in [5, 5.41) is 3.49. The van der Waals surface area contributed by atoms with Crippen molar-refractivity contribution in [2.24, 2.45) is 5.92 Å². The fraction of sp³-hybridized carbons (Fsp3) is 0.647. The molecule has 1 saturated heterocycles. The van der Waals surface area contributed by atoms with Crippen molar-refractivity contribution >= 4 is 15.9 Å². The smallest absolute Gasteiger partial charge is 0.124 e. The zero-order chi connectivity index (χ0) is 15.2. The molecule has 4 heteroatoms. The second kappa shape index (κ2) is 8.25. The average Bonchev–Trinajstić information content (AvgIpc) is 2.47. The molecule has 1 aliphatic heterocycles. The lowest BCUT2D eigenvalue weighted by Crippen LogP contribution is -2.39. The Bertz CT molecular complexity index is 446. The molecule has 0 radical (unpaired) electrons. The predicted octanol–water partition coefficient (Wildman–Crippen LogP) is 4.36.